The van der Waals surface area contributed by atoms with E-state index in [1.807, 2.05) is 24.3 Å². The number of nitrogens with one attached hydrogen (secondary N) is 2. The zero-order valence-electron chi connectivity index (χ0n) is 11.8. The van der Waals surface area contributed by atoms with Gasteiger partial charge in [0.1, 0.15) is 0 Å². The van der Waals surface area contributed by atoms with Crippen LogP contribution in [0.3, 0.4) is 0 Å². The van der Waals surface area contributed by atoms with Gasteiger partial charge in [0, 0.05) is 6.04 Å². The van der Waals surface area contributed by atoms with Gasteiger partial charge in [-0.25, -0.2) is 4.98 Å². The summed E-state index contributed by atoms with van der Waals surface area (Å²) in [6, 6.07) is 8.36. The Morgan fingerprint density at radius 1 is 1.33 bits per heavy atom. The Bertz CT molecular complexity index is 635. The molecule has 2 aliphatic rings. The predicted molar refractivity (Wildman–Crippen MR) is 84.2 cm³/mol. The van der Waals surface area contributed by atoms with Gasteiger partial charge in [-0.2, -0.15) is 0 Å². The minimum absolute atomic E-state index is 0.137. The van der Waals surface area contributed by atoms with Gasteiger partial charge in [-0.1, -0.05) is 30.3 Å². The minimum atomic E-state index is 0.137. The number of hydrogen-bond donors (Lipinski definition) is 2. The Morgan fingerprint density at radius 3 is 3.00 bits per heavy atom. The van der Waals surface area contributed by atoms with Crippen LogP contribution in [0, 0.1) is 11.8 Å². The molecule has 1 amide bonds. The highest BCUT2D eigenvalue weighted by Gasteiger charge is 2.39. The molecule has 2 aliphatic carbocycles. The summed E-state index contributed by atoms with van der Waals surface area (Å²) in [5.74, 6) is 2.17. The molecule has 0 unspecified atom stereocenters. The highest BCUT2D eigenvalue weighted by atomic mass is 32.2. The number of rotatable bonds is 4. The maximum absolute atomic E-state index is 12.1. The van der Waals surface area contributed by atoms with Crippen LogP contribution < -0.4 is 5.32 Å². The molecule has 0 saturated heterocycles. The van der Waals surface area contributed by atoms with Crippen LogP contribution in [0.15, 0.2) is 29.4 Å². The summed E-state index contributed by atoms with van der Waals surface area (Å²) in [7, 11) is 0. The second-order valence-corrected chi connectivity index (χ2v) is 7.16. The van der Waals surface area contributed by atoms with Crippen molar-refractivity contribution >= 4 is 28.7 Å². The first-order chi connectivity index (χ1) is 10.3. The third-order valence-corrected chi connectivity index (χ3v) is 5.67. The van der Waals surface area contributed by atoms with Gasteiger partial charge in [0.05, 0.1) is 16.8 Å². The molecule has 2 fully saturated rings. The Balaban J connectivity index is 1.32. The van der Waals surface area contributed by atoms with E-state index in [1.165, 1.54) is 37.4 Å². The number of aromatic nitrogens is 2. The highest BCUT2D eigenvalue weighted by molar-refractivity contribution is 7.99. The van der Waals surface area contributed by atoms with E-state index in [4.69, 9.17) is 0 Å². The van der Waals surface area contributed by atoms with Crippen molar-refractivity contribution in [2.24, 2.45) is 11.8 Å². The Kier molecular flexibility index (Phi) is 3.37. The first-order valence-corrected chi connectivity index (χ1v) is 8.63. The first kappa shape index (κ1) is 13.2. The zero-order chi connectivity index (χ0) is 14.2. The molecule has 0 aliphatic heterocycles. The summed E-state index contributed by atoms with van der Waals surface area (Å²) in [4.78, 5) is 19.8. The molecule has 2 bridgehead atoms. The first-order valence-electron chi connectivity index (χ1n) is 7.65. The molecule has 3 atom stereocenters. The number of amides is 1. The SMILES string of the molecule is O=C(CSc1nc2ccccc2[nH]1)N[C@H]1C[C@H]2CC[C@@H]1C2. The van der Waals surface area contributed by atoms with E-state index < -0.39 is 0 Å². The maximum atomic E-state index is 12.1. The number of para-hydroxylation sites is 2. The van der Waals surface area contributed by atoms with Gasteiger partial charge in [-0.3, -0.25) is 4.79 Å². The molecule has 110 valence electrons. The molecule has 21 heavy (non-hydrogen) atoms. The van der Waals surface area contributed by atoms with Gasteiger partial charge in [0.15, 0.2) is 5.16 Å². The van der Waals surface area contributed by atoms with E-state index in [1.54, 1.807) is 0 Å². The maximum Gasteiger partial charge on any atom is 0.230 e. The molecule has 4 nitrogen and oxygen atoms in total. The van der Waals surface area contributed by atoms with Crippen LogP contribution >= 0.6 is 11.8 Å². The molecule has 2 saturated carbocycles. The summed E-state index contributed by atoms with van der Waals surface area (Å²) < 4.78 is 0. The van der Waals surface area contributed by atoms with E-state index in [2.05, 4.69) is 15.3 Å². The molecular weight excluding hydrogens is 282 g/mol. The topological polar surface area (TPSA) is 57.8 Å². The van der Waals surface area contributed by atoms with Gasteiger partial charge in [0.2, 0.25) is 5.91 Å². The number of aromatic amines is 1. The van der Waals surface area contributed by atoms with Crippen molar-refractivity contribution in [3.05, 3.63) is 24.3 Å². The number of fused-ring (bicyclic) bond motifs is 3. The Hall–Kier alpha value is -1.49. The van der Waals surface area contributed by atoms with Crippen molar-refractivity contribution in [2.45, 2.75) is 36.9 Å². The highest BCUT2D eigenvalue weighted by Crippen LogP contribution is 2.44. The van der Waals surface area contributed by atoms with E-state index in [0.29, 0.717) is 11.8 Å². The zero-order valence-corrected chi connectivity index (χ0v) is 12.7. The number of H-pyrrole nitrogens is 1. The molecule has 5 heteroatoms. The third-order valence-electron chi connectivity index (χ3n) is 4.79. The van der Waals surface area contributed by atoms with Crippen LogP contribution in [-0.4, -0.2) is 27.7 Å². The van der Waals surface area contributed by atoms with Gasteiger partial charge < -0.3 is 10.3 Å². The van der Waals surface area contributed by atoms with Gasteiger partial charge >= 0.3 is 0 Å². The molecule has 1 aromatic heterocycles. The average molecular weight is 301 g/mol. The van der Waals surface area contributed by atoms with Crippen molar-refractivity contribution in [3.63, 3.8) is 0 Å². The third kappa shape index (κ3) is 2.67. The summed E-state index contributed by atoms with van der Waals surface area (Å²) in [5.41, 5.74) is 1.97. The number of carbonyl (C=O) groups is 1. The number of nitrogens with zero attached hydrogens (tertiary/aromatic N) is 1. The van der Waals surface area contributed by atoms with Crippen molar-refractivity contribution in [1.29, 1.82) is 0 Å². The second kappa shape index (κ2) is 5.37. The van der Waals surface area contributed by atoms with Gasteiger partial charge in [0.25, 0.3) is 0 Å². The summed E-state index contributed by atoms with van der Waals surface area (Å²) >= 11 is 1.48. The van der Waals surface area contributed by atoms with Crippen LogP contribution in [0.2, 0.25) is 0 Å². The molecule has 1 aromatic carbocycles. The van der Waals surface area contributed by atoms with Crippen molar-refractivity contribution in [1.82, 2.24) is 15.3 Å². The summed E-state index contributed by atoms with van der Waals surface area (Å²) in [5, 5.41) is 4.03. The Morgan fingerprint density at radius 2 is 2.24 bits per heavy atom. The van der Waals surface area contributed by atoms with Gasteiger partial charge in [-0.05, 0) is 43.2 Å². The van der Waals surface area contributed by atoms with Crippen molar-refractivity contribution in [3.8, 4) is 0 Å². The lowest BCUT2D eigenvalue weighted by Gasteiger charge is -2.22. The quantitative estimate of drug-likeness (QED) is 0.854. The summed E-state index contributed by atoms with van der Waals surface area (Å²) in [6.45, 7) is 0. The van der Waals surface area contributed by atoms with Gasteiger partial charge in [-0.15, -0.1) is 0 Å². The minimum Gasteiger partial charge on any atom is -0.352 e. The normalized spacial score (nSPS) is 27.3. The van der Waals surface area contributed by atoms with Crippen LogP contribution in [0.5, 0.6) is 0 Å². The molecule has 0 spiro atoms. The second-order valence-electron chi connectivity index (χ2n) is 6.20. The van der Waals surface area contributed by atoms with Crippen LogP contribution in [0.1, 0.15) is 25.7 Å². The lowest BCUT2D eigenvalue weighted by molar-refractivity contribution is -0.119. The molecule has 1 heterocycles. The average Bonchev–Trinajstić information content (AvgIpc) is 3.19. The van der Waals surface area contributed by atoms with E-state index in [9.17, 15) is 4.79 Å². The molecule has 4 rings (SSSR count). The standard InChI is InChI=1S/C16H19N3OS/c20-15(17-14-8-10-5-6-11(14)7-10)9-21-16-18-12-3-1-2-4-13(12)19-16/h1-4,10-11,14H,5-9H2,(H,17,20)(H,18,19)/t10-,11+,14-/m0/s1. The van der Waals surface area contributed by atoms with Crippen LogP contribution in [0.4, 0.5) is 0 Å². The smallest absolute Gasteiger partial charge is 0.230 e. The largest absolute Gasteiger partial charge is 0.352 e. The molecule has 2 N–H and O–H groups in total. The molecular formula is C16H19N3OS. The number of carbonyl (C=O) groups excluding carboxylic acids is 1. The van der Waals surface area contributed by atoms with Crippen LogP contribution in [0.25, 0.3) is 11.0 Å². The molecule has 2 aromatic rings. The number of imidazole rings is 1. The fraction of sp³-hybridized carbons (Fsp3) is 0.500. The lowest BCUT2D eigenvalue weighted by atomic mass is 9.95. The lowest BCUT2D eigenvalue weighted by Crippen LogP contribution is -2.39. The van der Waals surface area contributed by atoms with E-state index in [0.717, 1.165) is 28.0 Å². The van der Waals surface area contributed by atoms with Crippen molar-refractivity contribution < 1.29 is 4.79 Å². The van der Waals surface area contributed by atoms with E-state index >= 15 is 0 Å². The van der Waals surface area contributed by atoms with Crippen molar-refractivity contribution in [2.75, 3.05) is 5.75 Å². The summed E-state index contributed by atoms with van der Waals surface area (Å²) in [6.07, 6.45) is 5.17. The van der Waals surface area contributed by atoms with Crippen LogP contribution in [-0.2, 0) is 4.79 Å². The number of thioether (sulfide) groups is 1. The monoisotopic (exact) mass is 301 g/mol. The fourth-order valence-corrected chi connectivity index (χ4v) is 4.50. The predicted octanol–water partition coefficient (Wildman–Crippen LogP) is 2.96. The van der Waals surface area contributed by atoms with E-state index in [-0.39, 0.29) is 5.91 Å². The molecule has 0 radical (unpaired) electrons. The fourth-order valence-electron chi connectivity index (χ4n) is 3.80. The number of benzene rings is 1. The number of hydrogen-bond acceptors (Lipinski definition) is 3. The Labute approximate surface area is 128 Å².